The van der Waals surface area contributed by atoms with Gasteiger partial charge in [-0.05, 0) is 49.8 Å². The molecular weight excluding hydrogens is 248 g/mol. The maximum atomic E-state index is 5.21. The van der Waals surface area contributed by atoms with Gasteiger partial charge in [-0.25, -0.2) is 0 Å². The van der Waals surface area contributed by atoms with Crippen molar-refractivity contribution in [1.29, 1.82) is 0 Å². The predicted octanol–water partition coefficient (Wildman–Crippen LogP) is 2.31. The molecule has 0 spiro atoms. The zero-order chi connectivity index (χ0) is 14.0. The van der Waals surface area contributed by atoms with E-state index in [1.807, 2.05) is 0 Å². The van der Waals surface area contributed by atoms with Crippen molar-refractivity contribution in [2.24, 2.45) is 5.92 Å². The van der Waals surface area contributed by atoms with Gasteiger partial charge >= 0.3 is 0 Å². The molecule has 3 heteroatoms. The molecule has 20 heavy (non-hydrogen) atoms. The van der Waals surface area contributed by atoms with Gasteiger partial charge in [-0.15, -0.1) is 0 Å². The second-order valence-corrected chi connectivity index (χ2v) is 6.49. The summed E-state index contributed by atoms with van der Waals surface area (Å²) in [5.41, 5.74) is 1.76. The Morgan fingerprint density at radius 2 is 2.05 bits per heavy atom. The lowest BCUT2D eigenvalue weighted by molar-refractivity contribution is 0.128. The van der Waals surface area contributed by atoms with Crippen molar-refractivity contribution < 1.29 is 4.74 Å². The van der Waals surface area contributed by atoms with Crippen LogP contribution in [0.1, 0.15) is 25.3 Å². The monoisotopic (exact) mass is 274 g/mol. The Kier molecular flexibility index (Phi) is 3.99. The fraction of sp³-hybridized carbons (Fsp3) is 0.647. The largest absolute Gasteiger partial charge is 0.497 e. The van der Waals surface area contributed by atoms with Crippen LogP contribution in [0.3, 0.4) is 0 Å². The van der Waals surface area contributed by atoms with Gasteiger partial charge in [0.2, 0.25) is 0 Å². The number of benzene rings is 1. The van der Waals surface area contributed by atoms with E-state index in [9.17, 15) is 0 Å². The number of ether oxygens (including phenoxy) is 1. The molecule has 0 amide bonds. The average molecular weight is 274 g/mol. The minimum atomic E-state index is 0.359. The Balaban J connectivity index is 1.52. The minimum absolute atomic E-state index is 0.359. The Morgan fingerprint density at radius 3 is 2.70 bits per heavy atom. The van der Waals surface area contributed by atoms with E-state index >= 15 is 0 Å². The molecule has 1 aliphatic carbocycles. The van der Waals surface area contributed by atoms with Crippen LogP contribution in [0.25, 0.3) is 0 Å². The number of piperazine rings is 1. The third-order valence-electron chi connectivity index (χ3n) is 4.86. The lowest BCUT2D eigenvalue weighted by Crippen LogP contribution is -2.60. The van der Waals surface area contributed by atoms with Crippen molar-refractivity contribution in [3.8, 4) is 5.75 Å². The Morgan fingerprint density at radius 1 is 1.30 bits per heavy atom. The van der Waals surface area contributed by atoms with Crippen LogP contribution < -0.4 is 10.1 Å². The highest BCUT2D eigenvalue weighted by molar-refractivity contribution is 5.27. The highest BCUT2D eigenvalue weighted by Crippen LogP contribution is 2.40. The van der Waals surface area contributed by atoms with E-state index in [0.29, 0.717) is 5.54 Å². The highest BCUT2D eigenvalue weighted by Gasteiger charge is 2.43. The first-order valence-corrected chi connectivity index (χ1v) is 7.80. The summed E-state index contributed by atoms with van der Waals surface area (Å²) in [6.45, 7) is 7.09. The third-order valence-corrected chi connectivity index (χ3v) is 4.86. The van der Waals surface area contributed by atoms with Crippen molar-refractivity contribution in [1.82, 2.24) is 10.2 Å². The molecule has 1 aromatic carbocycles. The molecule has 1 atom stereocenters. The molecule has 1 N–H and O–H groups in total. The second-order valence-electron chi connectivity index (χ2n) is 6.49. The van der Waals surface area contributed by atoms with Gasteiger partial charge in [-0.3, -0.25) is 4.90 Å². The van der Waals surface area contributed by atoms with Crippen LogP contribution in [0, 0.1) is 5.92 Å². The molecule has 0 radical (unpaired) electrons. The number of methoxy groups -OCH3 is 1. The first-order valence-electron chi connectivity index (χ1n) is 7.80. The SMILES string of the molecule is COc1ccc(CCN2CCNC(C)(C3CC3)C2)cc1. The lowest BCUT2D eigenvalue weighted by Gasteiger charge is -2.42. The van der Waals surface area contributed by atoms with E-state index in [1.165, 1.54) is 31.5 Å². The first-order chi connectivity index (χ1) is 9.69. The number of hydrogen-bond acceptors (Lipinski definition) is 3. The topological polar surface area (TPSA) is 24.5 Å². The molecule has 1 aliphatic heterocycles. The molecule has 0 aromatic heterocycles. The van der Waals surface area contributed by atoms with E-state index in [0.717, 1.165) is 31.2 Å². The molecule has 110 valence electrons. The van der Waals surface area contributed by atoms with Gasteiger partial charge in [0.15, 0.2) is 0 Å². The number of rotatable bonds is 5. The van der Waals surface area contributed by atoms with Gasteiger partial charge in [0.25, 0.3) is 0 Å². The standard InChI is InChI=1S/C17H26N2O/c1-17(15-5-6-15)13-19(12-10-18-17)11-9-14-3-7-16(20-2)8-4-14/h3-4,7-8,15,18H,5-6,9-13H2,1-2H3. The first kappa shape index (κ1) is 13.9. The maximum Gasteiger partial charge on any atom is 0.118 e. The normalized spacial score (nSPS) is 27.5. The molecule has 0 bridgehead atoms. The molecule has 1 saturated heterocycles. The van der Waals surface area contributed by atoms with Crippen molar-refractivity contribution >= 4 is 0 Å². The van der Waals surface area contributed by atoms with E-state index < -0.39 is 0 Å². The maximum absolute atomic E-state index is 5.21. The summed E-state index contributed by atoms with van der Waals surface area (Å²) in [5, 5.41) is 3.74. The summed E-state index contributed by atoms with van der Waals surface area (Å²) in [7, 11) is 1.72. The Labute approximate surface area is 122 Å². The molecule has 2 fully saturated rings. The van der Waals surface area contributed by atoms with Crippen molar-refractivity contribution in [3.05, 3.63) is 29.8 Å². The van der Waals surface area contributed by atoms with Crippen molar-refractivity contribution in [2.45, 2.75) is 31.7 Å². The van der Waals surface area contributed by atoms with Gasteiger partial charge in [0, 0.05) is 31.7 Å². The minimum Gasteiger partial charge on any atom is -0.497 e. The fourth-order valence-electron chi connectivity index (χ4n) is 3.36. The summed E-state index contributed by atoms with van der Waals surface area (Å²) < 4.78 is 5.21. The predicted molar refractivity (Wildman–Crippen MR) is 82.3 cm³/mol. The number of hydrogen-bond donors (Lipinski definition) is 1. The van der Waals surface area contributed by atoms with Crippen LogP contribution in [-0.2, 0) is 6.42 Å². The number of nitrogens with zero attached hydrogens (tertiary/aromatic N) is 1. The zero-order valence-electron chi connectivity index (χ0n) is 12.7. The third kappa shape index (κ3) is 3.15. The van der Waals surface area contributed by atoms with Gasteiger partial charge in [-0.1, -0.05) is 12.1 Å². The summed E-state index contributed by atoms with van der Waals surface area (Å²) in [4.78, 5) is 2.62. The molecule has 3 rings (SSSR count). The fourth-order valence-corrected chi connectivity index (χ4v) is 3.36. The van der Waals surface area contributed by atoms with E-state index in [4.69, 9.17) is 4.74 Å². The zero-order valence-corrected chi connectivity index (χ0v) is 12.7. The number of nitrogens with one attached hydrogen (secondary N) is 1. The van der Waals surface area contributed by atoms with E-state index in [1.54, 1.807) is 7.11 Å². The smallest absolute Gasteiger partial charge is 0.118 e. The van der Waals surface area contributed by atoms with Crippen LogP contribution in [-0.4, -0.2) is 43.7 Å². The quantitative estimate of drug-likeness (QED) is 0.892. The van der Waals surface area contributed by atoms with Gasteiger partial charge in [0.1, 0.15) is 5.75 Å². The molecule has 1 unspecified atom stereocenters. The van der Waals surface area contributed by atoms with E-state index in [2.05, 4.69) is 41.4 Å². The molecule has 1 saturated carbocycles. The van der Waals surface area contributed by atoms with Gasteiger partial charge in [0.05, 0.1) is 7.11 Å². The summed E-state index contributed by atoms with van der Waals surface area (Å²) in [5.74, 6) is 1.85. The van der Waals surface area contributed by atoms with Gasteiger partial charge in [-0.2, -0.15) is 0 Å². The molecule has 2 aliphatic rings. The summed E-state index contributed by atoms with van der Waals surface area (Å²) in [6, 6.07) is 8.48. The average Bonchev–Trinajstić information content (AvgIpc) is 3.31. The second kappa shape index (κ2) is 5.74. The Hall–Kier alpha value is -1.06. The summed E-state index contributed by atoms with van der Waals surface area (Å²) >= 11 is 0. The molecule has 1 aromatic rings. The van der Waals surface area contributed by atoms with Crippen LogP contribution in [0.5, 0.6) is 5.75 Å². The van der Waals surface area contributed by atoms with Crippen molar-refractivity contribution in [3.63, 3.8) is 0 Å². The molecular formula is C17H26N2O. The van der Waals surface area contributed by atoms with Crippen LogP contribution in [0.15, 0.2) is 24.3 Å². The van der Waals surface area contributed by atoms with E-state index in [-0.39, 0.29) is 0 Å². The van der Waals surface area contributed by atoms with Crippen LogP contribution in [0.2, 0.25) is 0 Å². The Bertz CT molecular complexity index is 441. The molecule has 3 nitrogen and oxygen atoms in total. The van der Waals surface area contributed by atoms with Gasteiger partial charge < -0.3 is 10.1 Å². The molecule has 1 heterocycles. The highest BCUT2D eigenvalue weighted by atomic mass is 16.5. The van der Waals surface area contributed by atoms with Crippen molar-refractivity contribution in [2.75, 3.05) is 33.3 Å². The van der Waals surface area contributed by atoms with Crippen LogP contribution >= 0.6 is 0 Å². The lowest BCUT2D eigenvalue weighted by atomic mass is 9.93. The summed E-state index contributed by atoms with van der Waals surface area (Å²) in [6.07, 6.45) is 3.95. The van der Waals surface area contributed by atoms with Crippen LogP contribution in [0.4, 0.5) is 0 Å².